The van der Waals surface area contributed by atoms with Crippen LogP contribution >= 0.6 is 0 Å². The molecule has 1 atom stereocenters. The van der Waals surface area contributed by atoms with Crippen molar-refractivity contribution < 1.29 is 0 Å². The Morgan fingerprint density at radius 1 is 0.321 bits per heavy atom. The molecule has 0 saturated carbocycles. The summed E-state index contributed by atoms with van der Waals surface area (Å²) in [5.41, 5.74) is 15.4. The van der Waals surface area contributed by atoms with Gasteiger partial charge in [-0.2, -0.15) is 0 Å². The van der Waals surface area contributed by atoms with Crippen LogP contribution in [0.25, 0.3) is 27.8 Å². The van der Waals surface area contributed by atoms with Crippen LogP contribution in [0.4, 0.5) is 34.1 Å². The van der Waals surface area contributed by atoms with Crippen molar-refractivity contribution >= 4 is 39.7 Å². The first-order chi connectivity index (χ1) is 27.8. The maximum absolute atomic E-state index is 2.39. The van der Waals surface area contributed by atoms with Crippen molar-refractivity contribution in [3.05, 3.63) is 248 Å². The molecule has 0 spiro atoms. The van der Waals surface area contributed by atoms with Gasteiger partial charge in [0.05, 0.1) is 0 Å². The van der Waals surface area contributed by atoms with E-state index in [0.717, 1.165) is 40.5 Å². The SMILES string of the molecule is C1=CC(c2ccc(N(c3ccccc3)c3cccc(-c4ccccc4)c3)cc2)CC=C1c1ccc(N(c2ccccc2)c2cccc(-c3ccccc3)c2)cc1. The highest BCUT2D eigenvalue weighted by Crippen LogP contribution is 2.40. The average Bonchev–Trinajstić information content (AvgIpc) is 3.29. The molecule has 2 nitrogen and oxygen atoms in total. The highest BCUT2D eigenvalue weighted by Gasteiger charge is 2.18. The Morgan fingerprint density at radius 2 is 0.714 bits per heavy atom. The second-order valence-corrected chi connectivity index (χ2v) is 14.2. The summed E-state index contributed by atoms with van der Waals surface area (Å²) in [6.07, 6.45) is 8.00. The summed E-state index contributed by atoms with van der Waals surface area (Å²) in [5.74, 6) is 0.323. The molecule has 0 aromatic heterocycles. The van der Waals surface area contributed by atoms with Gasteiger partial charge in [0.15, 0.2) is 0 Å². The fraction of sp³-hybridized carbons (Fsp3) is 0.0370. The van der Waals surface area contributed by atoms with Crippen LogP contribution in [0.2, 0.25) is 0 Å². The number of allylic oxidation sites excluding steroid dienone is 4. The maximum Gasteiger partial charge on any atom is 0.0467 e. The Labute approximate surface area is 330 Å². The quantitative estimate of drug-likeness (QED) is 0.139. The van der Waals surface area contributed by atoms with Gasteiger partial charge in [0, 0.05) is 40.0 Å². The zero-order valence-corrected chi connectivity index (χ0v) is 31.2. The van der Waals surface area contributed by atoms with E-state index in [1.54, 1.807) is 0 Å². The lowest BCUT2D eigenvalue weighted by atomic mass is 9.88. The summed E-state index contributed by atoms with van der Waals surface area (Å²) in [6, 6.07) is 78.1. The number of hydrogen-bond donors (Lipinski definition) is 0. The lowest BCUT2D eigenvalue weighted by Gasteiger charge is -2.27. The molecule has 9 rings (SSSR count). The Kier molecular flexibility index (Phi) is 9.92. The number of para-hydroxylation sites is 2. The molecule has 8 aromatic carbocycles. The predicted molar refractivity (Wildman–Crippen MR) is 238 cm³/mol. The average molecular weight is 719 g/mol. The Morgan fingerprint density at radius 3 is 1.16 bits per heavy atom. The number of anilines is 6. The normalized spacial score (nSPS) is 13.5. The Hall–Kier alpha value is -7.16. The molecular formula is C54H42N2. The van der Waals surface area contributed by atoms with Gasteiger partial charge in [-0.25, -0.2) is 0 Å². The third kappa shape index (κ3) is 7.46. The van der Waals surface area contributed by atoms with Crippen LogP contribution in [0.1, 0.15) is 23.5 Å². The van der Waals surface area contributed by atoms with Gasteiger partial charge in [0.2, 0.25) is 0 Å². The highest BCUT2D eigenvalue weighted by molar-refractivity contribution is 5.83. The molecule has 268 valence electrons. The highest BCUT2D eigenvalue weighted by atomic mass is 15.1. The van der Waals surface area contributed by atoms with Crippen molar-refractivity contribution in [2.75, 3.05) is 9.80 Å². The number of benzene rings is 8. The molecule has 0 N–H and O–H groups in total. The van der Waals surface area contributed by atoms with Crippen LogP contribution in [-0.4, -0.2) is 0 Å². The molecule has 1 unspecified atom stereocenters. The van der Waals surface area contributed by atoms with Crippen molar-refractivity contribution in [1.82, 2.24) is 0 Å². The van der Waals surface area contributed by atoms with E-state index in [1.165, 1.54) is 39.0 Å². The standard InChI is InChI=1S/C54H42N2/c1-5-15-41(16-6-1)47-19-13-25-53(39-47)55(49-21-9-3-10-22-49)51-35-31-45(32-36-51)43-27-29-44(30-28-43)46-33-37-52(38-34-46)56(50-23-11-4-12-24-50)54-26-14-20-48(40-54)42-17-7-2-8-18-42/h1-29,31-40,44H,30H2. The molecule has 56 heavy (non-hydrogen) atoms. The van der Waals surface area contributed by atoms with Gasteiger partial charge >= 0.3 is 0 Å². The molecule has 0 aliphatic heterocycles. The van der Waals surface area contributed by atoms with Gasteiger partial charge in [-0.1, -0.05) is 164 Å². The summed E-state index contributed by atoms with van der Waals surface area (Å²) in [6.45, 7) is 0. The molecule has 0 radical (unpaired) electrons. The minimum atomic E-state index is 0.323. The predicted octanol–water partition coefficient (Wildman–Crippen LogP) is 15.1. The van der Waals surface area contributed by atoms with Crippen LogP contribution in [-0.2, 0) is 0 Å². The summed E-state index contributed by atoms with van der Waals surface area (Å²) < 4.78 is 0. The van der Waals surface area contributed by atoms with Gasteiger partial charge in [-0.15, -0.1) is 0 Å². The van der Waals surface area contributed by atoms with Crippen LogP contribution in [0.5, 0.6) is 0 Å². The van der Waals surface area contributed by atoms with Gasteiger partial charge in [-0.05, 0) is 118 Å². The molecule has 0 saturated heterocycles. The molecule has 1 aliphatic carbocycles. The summed E-state index contributed by atoms with van der Waals surface area (Å²) >= 11 is 0. The first kappa shape index (κ1) is 34.6. The summed E-state index contributed by atoms with van der Waals surface area (Å²) in [4.78, 5) is 4.67. The van der Waals surface area contributed by atoms with Gasteiger partial charge in [0.25, 0.3) is 0 Å². The van der Waals surface area contributed by atoms with Gasteiger partial charge in [-0.3, -0.25) is 0 Å². The first-order valence-electron chi connectivity index (χ1n) is 19.4. The van der Waals surface area contributed by atoms with E-state index in [4.69, 9.17) is 0 Å². The lowest BCUT2D eigenvalue weighted by molar-refractivity contribution is 0.856. The van der Waals surface area contributed by atoms with Crippen molar-refractivity contribution in [2.45, 2.75) is 12.3 Å². The van der Waals surface area contributed by atoms with Crippen LogP contribution in [0.3, 0.4) is 0 Å². The second-order valence-electron chi connectivity index (χ2n) is 14.2. The van der Waals surface area contributed by atoms with E-state index in [0.29, 0.717) is 5.92 Å². The van der Waals surface area contributed by atoms with Gasteiger partial charge < -0.3 is 9.80 Å². The van der Waals surface area contributed by atoms with Crippen molar-refractivity contribution in [2.24, 2.45) is 0 Å². The summed E-state index contributed by atoms with van der Waals surface area (Å²) in [7, 11) is 0. The zero-order valence-electron chi connectivity index (χ0n) is 31.2. The topological polar surface area (TPSA) is 6.48 Å². The van der Waals surface area contributed by atoms with Crippen LogP contribution in [0, 0.1) is 0 Å². The minimum Gasteiger partial charge on any atom is -0.310 e. The molecule has 0 amide bonds. The first-order valence-corrected chi connectivity index (χ1v) is 19.4. The van der Waals surface area contributed by atoms with E-state index in [2.05, 4.69) is 246 Å². The van der Waals surface area contributed by atoms with E-state index in [9.17, 15) is 0 Å². The number of nitrogens with zero attached hydrogens (tertiary/aromatic N) is 2. The fourth-order valence-corrected chi connectivity index (χ4v) is 7.71. The molecule has 2 heteroatoms. The molecule has 0 bridgehead atoms. The molecule has 8 aromatic rings. The monoisotopic (exact) mass is 718 g/mol. The smallest absolute Gasteiger partial charge is 0.0467 e. The Balaban J connectivity index is 0.937. The molecular weight excluding hydrogens is 677 g/mol. The Bertz CT molecular complexity index is 2580. The van der Waals surface area contributed by atoms with Crippen LogP contribution in [0.15, 0.2) is 237 Å². The maximum atomic E-state index is 2.39. The number of rotatable bonds is 10. The van der Waals surface area contributed by atoms with Gasteiger partial charge in [0.1, 0.15) is 0 Å². The third-order valence-corrected chi connectivity index (χ3v) is 10.6. The fourth-order valence-electron chi connectivity index (χ4n) is 7.71. The third-order valence-electron chi connectivity index (χ3n) is 10.6. The molecule has 1 aliphatic rings. The largest absolute Gasteiger partial charge is 0.310 e. The molecule has 0 fully saturated rings. The van der Waals surface area contributed by atoms with Crippen molar-refractivity contribution in [1.29, 1.82) is 0 Å². The molecule has 0 heterocycles. The van der Waals surface area contributed by atoms with Crippen molar-refractivity contribution in [3.63, 3.8) is 0 Å². The van der Waals surface area contributed by atoms with E-state index >= 15 is 0 Å². The van der Waals surface area contributed by atoms with Crippen molar-refractivity contribution in [3.8, 4) is 22.3 Å². The minimum absolute atomic E-state index is 0.323. The van der Waals surface area contributed by atoms with E-state index in [-0.39, 0.29) is 0 Å². The second kappa shape index (κ2) is 16.1. The van der Waals surface area contributed by atoms with Crippen LogP contribution < -0.4 is 9.80 Å². The summed E-state index contributed by atoms with van der Waals surface area (Å²) in [5, 5.41) is 0. The zero-order chi connectivity index (χ0) is 37.5. The van der Waals surface area contributed by atoms with E-state index in [1.807, 2.05) is 0 Å². The van der Waals surface area contributed by atoms with E-state index < -0.39 is 0 Å². The lowest BCUT2D eigenvalue weighted by Crippen LogP contribution is -2.10. The number of hydrogen-bond acceptors (Lipinski definition) is 2.